The van der Waals surface area contributed by atoms with Crippen LogP contribution in [0, 0.1) is 5.82 Å². The average Bonchev–Trinajstić information content (AvgIpc) is 2.70. The molecule has 0 heterocycles. The van der Waals surface area contributed by atoms with Gasteiger partial charge >= 0.3 is 0 Å². The van der Waals surface area contributed by atoms with E-state index in [1.165, 1.54) is 37.4 Å². The standard InChI is InChI=1S/C20H16ClFN2O4S/c1-28-17-4-2-3-16(12-17)23-20(25)13-5-10-18(21)19(11-13)29(26,27)24-15-8-6-14(22)7-9-15/h2-12,24H,1H3,(H,23,25). The lowest BCUT2D eigenvalue weighted by Gasteiger charge is -2.12. The molecule has 0 atom stereocenters. The summed E-state index contributed by atoms with van der Waals surface area (Å²) >= 11 is 6.05. The zero-order valence-electron chi connectivity index (χ0n) is 15.1. The van der Waals surface area contributed by atoms with Crippen LogP contribution in [-0.2, 0) is 10.0 Å². The van der Waals surface area contributed by atoms with Gasteiger partial charge in [0.25, 0.3) is 15.9 Å². The molecule has 150 valence electrons. The number of nitrogens with one attached hydrogen (secondary N) is 2. The highest BCUT2D eigenvalue weighted by atomic mass is 35.5. The van der Waals surface area contributed by atoms with E-state index in [1.807, 2.05) is 0 Å². The maximum Gasteiger partial charge on any atom is 0.263 e. The molecule has 0 aliphatic rings. The summed E-state index contributed by atoms with van der Waals surface area (Å²) in [4.78, 5) is 12.3. The van der Waals surface area contributed by atoms with Gasteiger partial charge in [0.05, 0.1) is 12.1 Å². The molecule has 3 aromatic carbocycles. The Morgan fingerprint density at radius 1 is 1.00 bits per heavy atom. The van der Waals surface area contributed by atoms with Crippen LogP contribution >= 0.6 is 11.6 Å². The van der Waals surface area contributed by atoms with Crippen LogP contribution in [0.4, 0.5) is 15.8 Å². The third kappa shape index (κ3) is 5.04. The quantitative estimate of drug-likeness (QED) is 0.596. The van der Waals surface area contributed by atoms with E-state index in [-0.39, 0.29) is 21.2 Å². The van der Waals surface area contributed by atoms with Gasteiger partial charge in [-0.3, -0.25) is 9.52 Å². The molecule has 0 saturated heterocycles. The summed E-state index contributed by atoms with van der Waals surface area (Å²) in [5.74, 6) is -0.457. The number of carbonyl (C=O) groups is 1. The summed E-state index contributed by atoms with van der Waals surface area (Å²) in [5, 5.41) is 2.61. The molecular formula is C20H16ClFN2O4S. The minimum Gasteiger partial charge on any atom is -0.497 e. The number of ether oxygens (including phenoxy) is 1. The van der Waals surface area contributed by atoms with E-state index < -0.39 is 21.7 Å². The van der Waals surface area contributed by atoms with Crippen molar-refractivity contribution in [2.45, 2.75) is 4.90 Å². The van der Waals surface area contributed by atoms with E-state index in [9.17, 15) is 17.6 Å². The SMILES string of the molecule is COc1cccc(NC(=O)c2ccc(Cl)c(S(=O)(=O)Nc3ccc(F)cc3)c2)c1. The molecule has 0 saturated carbocycles. The van der Waals surface area contributed by atoms with Crippen molar-refractivity contribution in [1.82, 2.24) is 0 Å². The van der Waals surface area contributed by atoms with Crippen molar-refractivity contribution in [2.75, 3.05) is 17.1 Å². The Hall–Kier alpha value is -3.10. The highest BCUT2D eigenvalue weighted by molar-refractivity contribution is 7.92. The van der Waals surface area contributed by atoms with Gasteiger partial charge in [-0.15, -0.1) is 0 Å². The third-order valence-electron chi connectivity index (χ3n) is 3.91. The van der Waals surface area contributed by atoms with Crippen LogP contribution in [0.2, 0.25) is 5.02 Å². The molecule has 2 N–H and O–H groups in total. The minimum atomic E-state index is -4.10. The number of benzene rings is 3. The van der Waals surface area contributed by atoms with E-state index in [4.69, 9.17) is 16.3 Å². The number of halogens is 2. The van der Waals surface area contributed by atoms with Crippen molar-refractivity contribution < 1.29 is 22.3 Å². The summed E-state index contributed by atoms with van der Waals surface area (Å²) in [6.07, 6.45) is 0. The largest absolute Gasteiger partial charge is 0.497 e. The Morgan fingerprint density at radius 3 is 2.41 bits per heavy atom. The van der Waals surface area contributed by atoms with Crippen molar-refractivity contribution in [3.05, 3.63) is 83.1 Å². The molecule has 0 fully saturated rings. The fourth-order valence-electron chi connectivity index (χ4n) is 2.48. The average molecular weight is 435 g/mol. The van der Waals surface area contributed by atoms with Gasteiger partial charge in [0.1, 0.15) is 16.5 Å². The first-order valence-electron chi connectivity index (χ1n) is 8.32. The Labute approximate surface area is 172 Å². The first-order valence-corrected chi connectivity index (χ1v) is 10.2. The van der Waals surface area contributed by atoms with E-state index in [1.54, 1.807) is 24.3 Å². The van der Waals surface area contributed by atoms with Crippen molar-refractivity contribution in [3.8, 4) is 5.75 Å². The Kier molecular flexibility index (Phi) is 6.05. The van der Waals surface area contributed by atoms with Gasteiger partial charge in [-0.1, -0.05) is 17.7 Å². The number of rotatable bonds is 6. The number of carbonyl (C=O) groups excluding carboxylic acids is 1. The van der Waals surface area contributed by atoms with Crippen LogP contribution < -0.4 is 14.8 Å². The molecule has 3 aromatic rings. The molecule has 9 heteroatoms. The predicted octanol–water partition coefficient (Wildman–Crippen LogP) is 4.54. The number of hydrogen-bond donors (Lipinski definition) is 2. The number of methoxy groups -OCH3 is 1. The minimum absolute atomic E-state index is 0.0578. The third-order valence-corrected chi connectivity index (χ3v) is 5.77. The predicted molar refractivity (Wildman–Crippen MR) is 110 cm³/mol. The molecule has 6 nitrogen and oxygen atoms in total. The molecule has 29 heavy (non-hydrogen) atoms. The first kappa shape index (κ1) is 20.6. The normalized spacial score (nSPS) is 11.0. The number of amides is 1. The maximum atomic E-state index is 13.0. The molecule has 0 bridgehead atoms. The van der Waals surface area contributed by atoms with Gasteiger partial charge in [-0.25, -0.2) is 12.8 Å². The molecule has 0 aliphatic heterocycles. The van der Waals surface area contributed by atoms with Crippen molar-refractivity contribution in [2.24, 2.45) is 0 Å². The Morgan fingerprint density at radius 2 is 1.72 bits per heavy atom. The molecular weight excluding hydrogens is 419 g/mol. The zero-order valence-corrected chi connectivity index (χ0v) is 16.7. The van der Waals surface area contributed by atoms with Gasteiger partial charge in [-0.2, -0.15) is 0 Å². The smallest absolute Gasteiger partial charge is 0.263 e. The topological polar surface area (TPSA) is 84.5 Å². The maximum absolute atomic E-state index is 13.0. The van der Waals surface area contributed by atoms with Crippen LogP contribution in [0.3, 0.4) is 0 Å². The lowest BCUT2D eigenvalue weighted by atomic mass is 10.2. The summed E-state index contributed by atoms with van der Waals surface area (Å²) in [6, 6.07) is 15.4. The molecule has 0 spiro atoms. The van der Waals surface area contributed by atoms with Gasteiger partial charge in [-0.05, 0) is 54.6 Å². The highest BCUT2D eigenvalue weighted by Gasteiger charge is 2.20. The monoisotopic (exact) mass is 434 g/mol. The molecule has 0 aromatic heterocycles. The van der Waals surface area contributed by atoms with Crippen LogP contribution in [-0.4, -0.2) is 21.4 Å². The van der Waals surface area contributed by atoms with Gasteiger partial charge < -0.3 is 10.1 Å². The van der Waals surface area contributed by atoms with Crippen LogP contribution in [0.1, 0.15) is 10.4 Å². The van der Waals surface area contributed by atoms with E-state index >= 15 is 0 Å². The van der Waals surface area contributed by atoms with Gasteiger partial charge in [0, 0.05) is 23.0 Å². The summed E-state index contributed by atoms with van der Waals surface area (Å²) in [5.41, 5.74) is 0.739. The van der Waals surface area contributed by atoms with E-state index in [0.29, 0.717) is 11.4 Å². The summed E-state index contributed by atoms with van der Waals surface area (Å²) < 4.78 is 45.8. The van der Waals surface area contributed by atoms with Crippen molar-refractivity contribution >= 4 is 38.9 Å². The van der Waals surface area contributed by atoms with Crippen LogP contribution in [0.15, 0.2) is 71.6 Å². The second kappa shape index (κ2) is 8.50. The van der Waals surface area contributed by atoms with E-state index in [0.717, 1.165) is 12.1 Å². The van der Waals surface area contributed by atoms with Gasteiger partial charge in [0.2, 0.25) is 0 Å². The Bertz CT molecular complexity index is 1150. The zero-order chi connectivity index (χ0) is 21.0. The summed E-state index contributed by atoms with van der Waals surface area (Å²) in [7, 11) is -2.60. The second-order valence-electron chi connectivity index (χ2n) is 5.94. The molecule has 0 radical (unpaired) electrons. The number of anilines is 2. The number of hydrogen-bond acceptors (Lipinski definition) is 4. The van der Waals surface area contributed by atoms with Crippen LogP contribution in [0.25, 0.3) is 0 Å². The fraction of sp³-hybridized carbons (Fsp3) is 0.0500. The lowest BCUT2D eigenvalue weighted by molar-refractivity contribution is 0.102. The highest BCUT2D eigenvalue weighted by Crippen LogP contribution is 2.26. The first-order chi connectivity index (χ1) is 13.8. The summed E-state index contributed by atoms with van der Waals surface area (Å²) in [6.45, 7) is 0. The van der Waals surface area contributed by atoms with E-state index in [2.05, 4.69) is 10.0 Å². The molecule has 0 aliphatic carbocycles. The molecule has 0 unspecified atom stereocenters. The second-order valence-corrected chi connectivity index (χ2v) is 8.00. The lowest BCUT2D eigenvalue weighted by Crippen LogP contribution is -2.16. The Balaban J connectivity index is 1.86. The van der Waals surface area contributed by atoms with Crippen molar-refractivity contribution in [3.63, 3.8) is 0 Å². The fourth-order valence-corrected chi connectivity index (χ4v) is 4.07. The molecule has 1 amide bonds. The molecule has 3 rings (SSSR count). The van der Waals surface area contributed by atoms with Crippen molar-refractivity contribution in [1.29, 1.82) is 0 Å². The number of sulfonamides is 1. The van der Waals surface area contributed by atoms with Gasteiger partial charge in [0.15, 0.2) is 0 Å². The van der Waals surface area contributed by atoms with Crippen LogP contribution in [0.5, 0.6) is 5.75 Å².